The highest BCUT2D eigenvalue weighted by Crippen LogP contribution is 2.36. The molecule has 0 bridgehead atoms. The summed E-state index contributed by atoms with van der Waals surface area (Å²) < 4.78 is 6.54. The fraction of sp³-hybridized carbons (Fsp3) is 0.522. The summed E-state index contributed by atoms with van der Waals surface area (Å²) in [5.74, 6) is -0.171. The summed E-state index contributed by atoms with van der Waals surface area (Å²) in [5.41, 5.74) is 0.578. The van der Waals surface area contributed by atoms with Crippen molar-refractivity contribution in [3.63, 3.8) is 0 Å². The van der Waals surface area contributed by atoms with Gasteiger partial charge in [-0.1, -0.05) is 20.8 Å². The maximum atomic E-state index is 12.4. The Hall–Kier alpha value is -2.87. The largest absolute Gasteiger partial charge is 0.507 e. The van der Waals surface area contributed by atoms with Crippen molar-refractivity contribution >= 4 is 5.97 Å². The zero-order valence-electron chi connectivity index (χ0n) is 18.6. The summed E-state index contributed by atoms with van der Waals surface area (Å²) in [5, 5.41) is 11.0. The van der Waals surface area contributed by atoms with Crippen molar-refractivity contribution in [2.75, 3.05) is 19.7 Å². The van der Waals surface area contributed by atoms with Gasteiger partial charge in [0.15, 0.2) is 0 Å². The van der Waals surface area contributed by atoms with Crippen LogP contribution >= 0.6 is 0 Å². The van der Waals surface area contributed by atoms with E-state index < -0.39 is 11.2 Å². The Labute approximate surface area is 181 Å². The first-order valence-corrected chi connectivity index (χ1v) is 10.7. The van der Waals surface area contributed by atoms with Crippen LogP contribution in [0.15, 0.2) is 34.0 Å². The van der Waals surface area contributed by atoms with Gasteiger partial charge in [0.1, 0.15) is 5.75 Å². The van der Waals surface area contributed by atoms with Gasteiger partial charge in [-0.05, 0) is 43.9 Å². The standard InChI is InChI=1S/C23H31N3O5/c1-5-31-21(29)15-7-6-9-25(13-15)14-16-11-17(12-18(20(16)28)23(2,3)4)26-10-8-19(27)24-22(26)30/h8,10-12,15,28H,5-7,9,13-14H2,1-4H3,(H,24,27,30). The molecule has 2 aromatic rings. The molecule has 1 aromatic heterocycles. The first-order chi connectivity index (χ1) is 14.6. The lowest BCUT2D eigenvalue weighted by Gasteiger charge is -2.32. The number of H-pyrrole nitrogens is 1. The van der Waals surface area contributed by atoms with E-state index in [1.165, 1.54) is 16.8 Å². The van der Waals surface area contributed by atoms with Gasteiger partial charge in [0.05, 0.1) is 18.2 Å². The molecule has 1 unspecified atom stereocenters. The van der Waals surface area contributed by atoms with Crippen molar-refractivity contribution in [2.24, 2.45) is 5.92 Å². The number of likely N-dealkylation sites (tertiary alicyclic amines) is 1. The molecule has 0 aliphatic carbocycles. The molecule has 1 aliphatic rings. The zero-order valence-corrected chi connectivity index (χ0v) is 18.6. The molecule has 1 aromatic carbocycles. The van der Waals surface area contributed by atoms with Gasteiger partial charge in [-0.2, -0.15) is 0 Å². The van der Waals surface area contributed by atoms with Gasteiger partial charge in [0.25, 0.3) is 5.56 Å². The zero-order chi connectivity index (χ0) is 22.8. The molecular weight excluding hydrogens is 398 g/mol. The monoisotopic (exact) mass is 429 g/mol. The molecular formula is C23H31N3O5. The number of esters is 1. The maximum absolute atomic E-state index is 12.4. The number of ether oxygens (including phenoxy) is 1. The van der Waals surface area contributed by atoms with Gasteiger partial charge in [0.2, 0.25) is 0 Å². The van der Waals surface area contributed by atoms with Crippen LogP contribution in [0.2, 0.25) is 0 Å². The van der Waals surface area contributed by atoms with Gasteiger partial charge in [-0.3, -0.25) is 24.0 Å². The lowest BCUT2D eigenvalue weighted by molar-refractivity contribution is -0.150. The Kier molecular flexibility index (Phi) is 6.69. The molecule has 0 radical (unpaired) electrons. The Morgan fingerprint density at radius 1 is 1.29 bits per heavy atom. The van der Waals surface area contributed by atoms with Crippen molar-refractivity contribution in [3.8, 4) is 11.4 Å². The number of aromatic hydroxyl groups is 1. The van der Waals surface area contributed by atoms with Crippen molar-refractivity contribution < 1.29 is 14.6 Å². The molecule has 0 spiro atoms. The molecule has 8 heteroatoms. The van der Waals surface area contributed by atoms with E-state index >= 15 is 0 Å². The number of piperidine rings is 1. The number of carbonyl (C=O) groups is 1. The molecule has 1 atom stereocenters. The minimum absolute atomic E-state index is 0.178. The normalized spacial score (nSPS) is 17.5. The molecule has 1 fully saturated rings. The molecule has 2 heterocycles. The predicted molar refractivity (Wildman–Crippen MR) is 118 cm³/mol. The Balaban J connectivity index is 1.98. The number of rotatable bonds is 5. The lowest BCUT2D eigenvalue weighted by atomic mass is 9.84. The number of aromatic amines is 1. The van der Waals surface area contributed by atoms with Gasteiger partial charge >= 0.3 is 11.7 Å². The molecule has 8 nitrogen and oxygen atoms in total. The van der Waals surface area contributed by atoms with E-state index in [9.17, 15) is 19.5 Å². The summed E-state index contributed by atoms with van der Waals surface area (Å²) in [6, 6.07) is 4.83. The molecule has 168 valence electrons. The lowest BCUT2D eigenvalue weighted by Crippen LogP contribution is -2.39. The van der Waals surface area contributed by atoms with Crippen LogP contribution < -0.4 is 11.2 Å². The van der Waals surface area contributed by atoms with Crippen LogP contribution in [0.25, 0.3) is 5.69 Å². The average Bonchev–Trinajstić information content (AvgIpc) is 2.69. The third-order valence-corrected chi connectivity index (χ3v) is 5.60. The molecule has 0 saturated carbocycles. The van der Waals surface area contributed by atoms with Crippen molar-refractivity contribution in [1.29, 1.82) is 0 Å². The van der Waals surface area contributed by atoms with E-state index in [1.807, 2.05) is 20.8 Å². The number of benzene rings is 1. The van der Waals surface area contributed by atoms with Gasteiger partial charge in [-0.25, -0.2) is 4.79 Å². The van der Waals surface area contributed by atoms with Crippen LogP contribution in [0.1, 0.15) is 51.7 Å². The van der Waals surface area contributed by atoms with Crippen molar-refractivity contribution in [1.82, 2.24) is 14.5 Å². The number of phenolic OH excluding ortho intramolecular Hbond substituents is 1. The van der Waals surface area contributed by atoms with E-state index in [2.05, 4.69) is 9.88 Å². The third-order valence-electron chi connectivity index (χ3n) is 5.60. The van der Waals surface area contributed by atoms with Gasteiger partial charge in [-0.15, -0.1) is 0 Å². The summed E-state index contributed by atoms with van der Waals surface area (Å²) in [7, 11) is 0. The molecule has 1 saturated heterocycles. The number of nitrogens with zero attached hydrogens (tertiary/aromatic N) is 2. The Bertz CT molecular complexity index is 1060. The fourth-order valence-corrected chi connectivity index (χ4v) is 4.02. The predicted octanol–water partition coefficient (Wildman–Crippen LogP) is 2.30. The second-order valence-corrected chi connectivity index (χ2v) is 9.06. The Morgan fingerprint density at radius 3 is 2.68 bits per heavy atom. The van der Waals surface area contributed by atoms with Crippen molar-refractivity contribution in [2.45, 2.75) is 52.5 Å². The second-order valence-electron chi connectivity index (χ2n) is 9.06. The number of phenols is 1. The third kappa shape index (κ3) is 5.25. The molecule has 1 aliphatic heterocycles. The second kappa shape index (κ2) is 9.09. The summed E-state index contributed by atoms with van der Waals surface area (Å²) in [4.78, 5) is 40.4. The first-order valence-electron chi connectivity index (χ1n) is 10.7. The van der Waals surface area contributed by atoms with E-state index in [0.717, 1.165) is 19.4 Å². The van der Waals surface area contributed by atoms with Crippen LogP contribution in [0.5, 0.6) is 5.75 Å². The average molecular weight is 430 g/mol. The summed E-state index contributed by atoms with van der Waals surface area (Å²) in [6.07, 6.45) is 3.10. The minimum Gasteiger partial charge on any atom is -0.507 e. The molecule has 0 amide bonds. The van der Waals surface area contributed by atoms with E-state index in [1.54, 1.807) is 19.1 Å². The number of carbonyl (C=O) groups excluding carboxylic acids is 1. The van der Waals surface area contributed by atoms with Gasteiger partial charge in [0, 0.05) is 36.5 Å². The van der Waals surface area contributed by atoms with Crippen molar-refractivity contribution in [3.05, 3.63) is 56.4 Å². The maximum Gasteiger partial charge on any atom is 0.332 e. The van der Waals surface area contributed by atoms with Crippen LogP contribution in [0, 0.1) is 5.92 Å². The quantitative estimate of drug-likeness (QED) is 0.707. The smallest absolute Gasteiger partial charge is 0.332 e. The SMILES string of the molecule is CCOC(=O)C1CCCN(Cc2cc(-n3ccc(=O)[nH]c3=O)cc(C(C)(C)C)c2O)C1. The van der Waals surface area contributed by atoms with Crippen LogP contribution in [-0.2, 0) is 21.5 Å². The summed E-state index contributed by atoms with van der Waals surface area (Å²) >= 11 is 0. The summed E-state index contributed by atoms with van der Waals surface area (Å²) in [6.45, 7) is 9.94. The molecule has 31 heavy (non-hydrogen) atoms. The highest BCUT2D eigenvalue weighted by Gasteiger charge is 2.28. The number of nitrogens with one attached hydrogen (secondary N) is 1. The highest BCUT2D eigenvalue weighted by atomic mass is 16.5. The molecule has 3 rings (SSSR count). The van der Waals surface area contributed by atoms with E-state index in [4.69, 9.17) is 4.74 Å². The highest BCUT2D eigenvalue weighted by molar-refractivity contribution is 5.72. The number of hydrogen-bond donors (Lipinski definition) is 2. The number of hydrogen-bond acceptors (Lipinski definition) is 6. The van der Waals surface area contributed by atoms with E-state index in [0.29, 0.717) is 36.5 Å². The number of aromatic nitrogens is 2. The van der Waals surface area contributed by atoms with Crippen LogP contribution in [0.4, 0.5) is 0 Å². The minimum atomic E-state index is -0.538. The van der Waals surface area contributed by atoms with Crippen LogP contribution in [-0.4, -0.2) is 45.2 Å². The van der Waals surface area contributed by atoms with Crippen LogP contribution in [0.3, 0.4) is 0 Å². The van der Waals surface area contributed by atoms with Gasteiger partial charge < -0.3 is 9.84 Å². The topological polar surface area (TPSA) is 105 Å². The van der Waals surface area contributed by atoms with E-state index in [-0.39, 0.29) is 23.1 Å². The fourth-order valence-electron chi connectivity index (χ4n) is 4.02. The molecule has 2 N–H and O–H groups in total. The Morgan fingerprint density at radius 2 is 2.03 bits per heavy atom. The first kappa shape index (κ1) is 22.8.